The van der Waals surface area contributed by atoms with Crippen LogP contribution in [0.15, 0.2) is 229 Å². The number of nitrogens with zero attached hydrogens (tertiary/aromatic N) is 2. The highest BCUT2D eigenvalue weighted by Crippen LogP contribution is 2.62. The van der Waals surface area contributed by atoms with Gasteiger partial charge in [0.25, 0.3) is 0 Å². The van der Waals surface area contributed by atoms with Crippen molar-refractivity contribution in [2.75, 3.05) is 9.80 Å². The van der Waals surface area contributed by atoms with Crippen LogP contribution in [0.2, 0.25) is 0 Å². The maximum atomic E-state index is 7.13. The topological polar surface area (TPSA) is 28.9 Å². The minimum atomic E-state index is -0.548. The van der Waals surface area contributed by atoms with Crippen molar-refractivity contribution in [2.45, 2.75) is 18.3 Å². The second-order valence-electron chi connectivity index (χ2n) is 17.9. The van der Waals surface area contributed by atoms with Gasteiger partial charge in [-0.25, -0.2) is 0 Å². The van der Waals surface area contributed by atoms with Gasteiger partial charge in [0.15, 0.2) is 5.58 Å². The van der Waals surface area contributed by atoms with Crippen molar-refractivity contribution in [2.24, 2.45) is 0 Å². The third-order valence-corrected chi connectivity index (χ3v) is 14.3. The molecule has 0 fully saturated rings. The summed E-state index contributed by atoms with van der Waals surface area (Å²) in [6.07, 6.45) is 6.68. The first-order valence-electron chi connectivity index (χ1n) is 23.2. The number of furan rings is 1. The van der Waals surface area contributed by atoms with Crippen molar-refractivity contribution in [3.05, 3.63) is 258 Å². The molecule has 1 aliphatic heterocycles. The van der Waals surface area contributed by atoms with E-state index in [9.17, 15) is 0 Å². The Hall–Kier alpha value is -8.60. The number of fused-ring (bicyclic) bond motifs is 14. The molecule has 3 aliphatic rings. The van der Waals surface area contributed by atoms with Crippen molar-refractivity contribution in [3.8, 4) is 22.6 Å². The minimum Gasteiger partial charge on any atom is -0.457 e. The molecule has 1 spiro atoms. The molecule has 0 saturated carbocycles. The highest BCUT2D eigenvalue weighted by Gasteiger charge is 2.51. The number of anilines is 6. The first-order valence-corrected chi connectivity index (χ1v) is 23.2. The molecule has 14 rings (SSSR count). The summed E-state index contributed by atoms with van der Waals surface area (Å²) in [4.78, 5) is 4.72. The lowest BCUT2D eigenvalue weighted by atomic mass is 9.66. The third kappa shape index (κ3) is 5.60. The minimum absolute atomic E-state index is 0.548. The van der Waals surface area contributed by atoms with E-state index in [0.717, 1.165) is 91.5 Å². The Kier molecular flexibility index (Phi) is 8.29. The van der Waals surface area contributed by atoms with Crippen LogP contribution in [0.5, 0.6) is 11.5 Å². The van der Waals surface area contributed by atoms with Gasteiger partial charge in [0.2, 0.25) is 0 Å². The zero-order valence-electron chi connectivity index (χ0n) is 36.6. The number of benzene rings is 10. The van der Waals surface area contributed by atoms with Crippen LogP contribution in [0, 0.1) is 0 Å². The van der Waals surface area contributed by atoms with E-state index in [0.29, 0.717) is 0 Å². The van der Waals surface area contributed by atoms with Crippen LogP contribution in [-0.2, 0) is 11.8 Å². The lowest BCUT2D eigenvalue weighted by Gasteiger charge is -2.40. The Morgan fingerprint density at radius 2 is 1.07 bits per heavy atom. The molecule has 0 radical (unpaired) electrons. The predicted octanol–water partition coefficient (Wildman–Crippen LogP) is 17.1. The van der Waals surface area contributed by atoms with Crippen molar-refractivity contribution < 1.29 is 9.15 Å². The zero-order chi connectivity index (χ0) is 44.1. The summed E-state index contributed by atoms with van der Waals surface area (Å²) < 4.78 is 14.2. The fourth-order valence-corrected chi connectivity index (χ4v) is 11.5. The quantitative estimate of drug-likeness (QED) is 0.167. The van der Waals surface area contributed by atoms with E-state index in [4.69, 9.17) is 9.15 Å². The first-order chi connectivity index (χ1) is 33.2. The Bertz CT molecular complexity index is 3780. The van der Waals surface area contributed by atoms with Gasteiger partial charge in [-0.05, 0) is 124 Å². The van der Waals surface area contributed by atoms with Crippen LogP contribution in [0.3, 0.4) is 0 Å². The SMILES string of the molecule is C1=Cc2cc(N(c3ccc4ccccc4c3)c3cccc4oc5c(N(c6ccccc6)c6ccc7c(c6)Oc6ccccc6C76c7ccccc7-c7ccccc76)cccc5c34)ccc2CC1. The summed E-state index contributed by atoms with van der Waals surface area (Å²) in [5.41, 5.74) is 17.2. The molecule has 67 heavy (non-hydrogen) atoms. The first kappa shape index (κ1) is 37.7. The number of ether oxygens (including phenoxy) is 1. The highest BCUT2D eigenvalue weighted by molar-refractivity contribution is 6.17. The summed E-state index contributed by atoms with van der Waals surface area (Å²) >= 11 is 0. The van der Waals surface area contributed by atoms with Crippen LogP contribution in [0.4, 0.5) is 34.1 Å². The Morgan fingerprint density at radius 3 is 1.93 bits per heavy atom. The van der Waals surface area contributed by atoms with Crippen molar-refractivity contribution >= 4 is 72.9 Å². The van der Waals surface area contributed by atoms with E-state index >= 15 is 0 Å². The highest BCUT2D eigenvalue weighted by atomic mass is 16.5. The van der Waals surface area contributed by atoms with Gasteiger partial charge in [0.1, 0.15) is 17.1 Å². The maximum absolute atomic E-state index is 7.13. The number of rotatable bonds is 6. The predicted molar refractivity (Wildman–Crippen MR) is 275 cm³/mol. The van der Waals surface area contributed by atoms with Crippen LogP contribution in [-0.4, -0.2) is 0 Å². The van der Waals surface area contributed by atoms with E-state index in [1.54, 1.807) is 0 Å². The molecule has 2 heterocycles. The fraction of sp³-hybridized carbons (Fsp3) is 0.0476. The molecule has 10 aromatic carbocycles. The number of hydrogen-bond donors (Lipinski definition) is 0. The number of para-hydroxylation sites is 3. The van der Waals surface area contributed by atoms with E-state index in [-0.39, 0.29) is 0 Å². The third-order valence-electron chi connectivity index (χ3n) is 14.3. The zero-order valence-corrected chi connectivity index (χ0v) is 36.6. The van der Waals surface area contributed by atoms with E-state index in [1.807, 2.05) is 0 Å². The van der Waals surface area contributed by atoms with Gasteiger partial charge in [-0.2, -0.15) is 0 Å². The van der Waals surface area contributed by atoms with Gasteiger partial charge < -0.3 is 19.0 Å². The van der Waals surface area contributed by atoms with Gasteiger partial charge in [-0.3, -0.25) is 0 Å². The number of hydrogen-bond acceptors (Lipinski definition) is 4. The van der Waals surface area contributed by atoms with E-state index in [1.165, 1.54) is 44.2 Å². The molecule has 0 bridgehead atoms. The molecule has 0 amide bonds. The monoisotopic (exact) mass is 858 g/mol. The molecule has 0 atom stereocenters. The van der Waals surface area contributed by atoms with Gasteiger partial charge in [0.05, 0.1) is 22.2 Å². The Balaban J connectivity index is 0.975. The second-order valence-corrected chi connectivity index (χ2v) is 17.9. The molecule has 0 N–H and O–H groups in total. The molecule has 11 aromatic rings. The normalized spacial score (nSPS) is 13.7. The molecule has 1 aromatic heterocycles. The molecule has 4 nitrogen and oxygen atoms in total. The van der Waals surface area contributed by atoms with Crippen molar-refractivity contribution in [3.63, 3.8) is 0 Å². The summed E-state index contributed by atoms with van der Waals surface area (Å²) in [5, 5.41) is 4.49. The molecule has 316 valence electrons. The van der Waals surface area contributed by atoms with Gasteiger partial charge in [0, 0.05) is 45.3 Å². The molecular weight excluding hydrogens is 817 g/mol. The maximum Gasteiger partial charge on any atom is 0.159 e. The smallest absolute Gasteiger partial charge is 0.159 e. The Morgan fingerprint density at radius 1 is 0.433 bits per heavy atom. The summed E-state index contributed by atoms with van der Waals surface area (Å²) in [6, 6.07) is 79.0. The number of allylic oxidation sites excluding steroid dienone is 1. The summed E-state index contributed by atoms with van der Waals surface area (Å²) in [5.74, 6) is 1.69. The van der Waals surface area contributed by atoms with Gasteiger partial charge >= 0.3 is 0 Å². The standard InChI is InChI=1S/C63H42N2O2/c1-2-20-45(21-3-1)64(48-36-37-55-60(40-48)66-58-30-13-12-27-54(58)63(55)52-25-10-8-22-49(52)50-23-9-11-26-53(50)63)57-29-14-24-51-61-56(28-15-31-59(61)67-62(51)57)65(46-34-32-41-16-4-6-18-43(41)38-46)47-35-33-42-17-5-7-19-44(42)39-47/h1-4,6-16,18-40H,5,17H2. The molecule has 2 aliphatic carbocycles. The largest absolute Gasteiger partial charge is 0.457 e. The lowest BCUT2D eigenvalue weighted by molar-refractivity contribution is 0.436. The molecule has 0 unspecified atom stereocenters. The lowest BCUT2D eigenvalue weighted by Crippen LogP contribution is -2.32. The summed E-state index contributed by atoms with van der Waals surface area (Å²) in [7, 11) is 0. The summed E-state index contributed by atoms with van der Waals surface area (Å²) in [6.45, 7) is 0. The fourth-order valence-electron chi connectivity index (χ4n) is 11.5. The van der Waals surface area contributed by atoms with Gasteiger partial charge in [-0.15, -0.1) is 0 Å². The van der Waals surface area contributed by atoms with Crippen LogP contribution >= 0.6 is 0 Å². The molecular formula is C63H42N2O2. The van der Waals surface area contributed by atoms with Gasteiger partial charge in [-0.1, -0.05) is 158 Å². The average molecular weight is 859 g/mol. The van der Waals surface area contributed by atoms with E-state index < -0.39 is 5.41 Å². The second kappa shape index (κ2) is 14.7. The van der Waals surface area contributed by atoms with Crippen molar-refractivity contribution in [1.82, 2.24) is 0 Å². The van der Waals surface area contributed by atoms with E-state index in [2.05, 4.69) is 240 Å². The van der Waals surface area contributed by atoms with Crippen LogP contribution in [0.25, 0.3) is 49.9 Å². The number of aryl methyl sites for hydroxylation is 1. The van der Waals surface area contributed by atoms with Crippen molar-refractivity contribution in [1.29, 1.82) is 0 Å². The molecule has 0 saturated heterocycles. The molecule has 4 heteroatoms. The van der Waals surface area contributed by atoms with Crippen LogP contribution < -0.4 is 14.5 Å². The average Bonchev–Trinajstić information content (AvgIpc) is 3.92. The van der Waals surface area contributed by atoms with Crippen LogP contribution in [0.1, 0.15) is 39.8 Å². The Labute approximate surface area is 388 Å².